The number of amides is 1. The Morgan fingerprint density at radius 1 is 1.42 bits per heavy atom. The Hall–Kier alpha value is -2.30. The molecule has 0 aliphatic carbocycles. The van der Waals surface area contributed by atoms with Crippen LogP contribution in [0, 0.1) is 0 Å². The molecule has 19 heavy (non-hydrogen) atoms. The van der Waals surface area contributed by atoms with Crippen molar-refractivity contribution < 1.29 is 9.90 Å². The van der Waals surface area contributed by atoms with Gasteiger partial charge in [0.25, 0.3) is 11.5 Å². The number of nitrogens with one attached hydrogen (secondary N) is 1. The number of hydrogen-bond acceptors (Lipinski definition) is 3. The lowest BCUT2D eigenvalue weighted by Crippen LogP contribution is -2.33. The lowest BCUT2D eigenvalue weighted by molar-refractivity contribution is 0.0958. The Kier molecular flexibility index (Phi) is 2.55. The molecule has 0 saturated carbocycles. The largest absolute Gasteiger partial charge is 0.506 e. The summed E-state index contributed by atoms with van der Waals surface area (Å²) in [6, 6.07) is 5.53. The number of para-hydroxylation sites is 1. The van der Waals surface area contributed by atoms with Crippen LogP contribution in [0.4, 0.5) is 0 Å². The van der Waals surface area contributed by atoms with E-state index in [-0.39, 0.29) is 11.3 Å². The van der Waals surface area contributed by atoms with Crippen LogP contribution in [-0.4, -0.2) is 22.6 Å². The summed E-state index contributed by atoms with van der Waals surface area (Å²) in [7, 11) is 1.44. The van der Waals surface area contributed by atoms with Crippen molar-refractivity contribution in [2.24, 2.45) is 0 Å². The van der Waals surface area contributed by atoms with Gasteiger partial charge in [0.1, 0.15) is 11.3 Å². The van der Waals surface area contributed by atoms with E-state index >= 15 is 0 Å². The minimum absolute atomic E-state index is 0.172. The fourth-order valence-corrected chi connectivity index (χ4v) is 2.75. The first-order valence-electron chi connectivity index (χ1n) is 6.24. The summed E-state index contributed by atoms with van der Waals surface area (Å²) in [6.45, 7) is 0.580. The second kappa shape index (κ2) is 4.12. The number of aromatic hydroxyl groups is 1. The molecule has 1 aliphatic heterocycles. The zero-order chi connectivity index (χ0) is 13.6. The van der Waals surface area contributed by atoms with Gasteiger partial charge >= 0.3 is 0 Å². The molecule has 0 bridgehead atoms. The zero-order valence-electron chi connectivity index (χ0n) is 10.6. The Balaban J connectivity index is 2.50. The van der Waals surface area contributed by atoms with Gasteiger partial charge in [-0.15, -0.1) is 0 Å². The summed E-state index contributed by atoms with van der Waals surface area (Å²) in [4.78, 5) is 24.1. The molecule has 0 saturated heterocycles. The van der Waals surface area contributed by atoms with Gasteiger partial charge in [-0.1, -0.05) is 12.1 Å². The average molecular weight is 258 g/mol. The summed E-state index contributed by atoms with van der Waals surface area (Å²) in [5.41, 5.74) is 1.20. The Labute approximate surface area is 109 Å². The number of rotatable bonds is 1. The van der Waals surface area contributed by atoms with Crippen molar-refractivity contribution in [3.8, 4) is 5.75 Å². The van der Waals surface area contributed by atoms with Crippen LogP contribution >= 0.6 is 0 Å². The van der Waals surface area contributed by atoms with Gasteiger partial charge < -0.3 is 15.0 Å². The monoisotopic (exact) mass is 258 g/mol. The molecule has 1 aromatic carbocycles. The van der Waals surface area contributed by atoms with E-state index in [0.717, 1.165) is 23.9 Å². The molecule has 0 atom stereocenters. The van der Waals surface area contributed by atoms with Crippen LogP contribution in [-0.2, 0) is 13.0 Å². The SMILES string of the molecule is CNC(=O)c1c(O)c2cccc3c2n(c1=O)CCC3. The molecular formula is C14H14N2O3. The molecule has 98 valence electrons. The van der Waals surface area contributed by atoms with Gasteiger partial charge in [0.2, 0.25) is 0 Å². The predicted molar refractivity (Wildman–Crippen MR) is 71.6 cm³/mol. The zero-order valence-corrected chi connectivity index (χ0v) is 10.6. The number of carbonyl (C=O) groups is 1. The second-order valence-corrected chi connectivity index (χ2v) is 4.68. The standard InChI is InChI=1S/C14H14N2O3/c1-15-13(18)10-12(17)9-6-2-4-8-5-3-7-16(11(8)9)14(10)19/h2,4,6,17H,3,5,7H2,1H3,(H,15,18). The number of pyridine rings is 1. The number of aryl methyl sites for hydroxylation is 2. The lowest BCUT2D eigenvalue weighted by atomic mass is 9.99. The molecule has 0 radical (unpaired) electrons. The maximum absolute atomic E-state index is 12.4. The van der Waals surface area contributed by atoms with Crippen LogP contribution in [0.15, 0.2) is 23.0 Å². The van der Waals surface area contributed by atoms with E-state index in [1.54, 1.807) is 10.6 Å². The highest BCUT2D eigenvalue weighted by Gasteiger charge is 2.24. The third-order valence-electron chi connectivity index (χ3n) is 3.62. The molecule has 1 aromatic heterocycles. The van der Waals surface area contributed by atoms with Crippen molar-refractivity contribution in [2.45, 2.75) is 19.4 Å². The summed E-state index contributed by atoms with van der Waals surface area (Å²) in [6.07, 6.45) is 1.75. The average Bonchev–Trinajstić information content (AvgIpc) is 2.44. The van der Waals surface area contributed by atoms with Crippen LogP contribution in [0.5, 0.6) is 5.75 Å². The maximum atomic E-state index is 12.4. The number of hydrogen-bond donors (Lipinski definition) is 2. The molecule has 0 fully saturated rings. The molecule has 3 rings (SSSR count). The minimum atomic E-state index is -0.552. The Morgan fingerprint density at radius 2 is 2.21 bits per heavy atom. The van der Waals surface area contributed by atoms with Crippen LogP contribution in [0.1, 0.15) is 22.3 Å². The van der Waals surface area contributed by atoms with Gasteiger partial charge in [-0.25, -0.2) is 0 Å². The quantitative estimate of drug-likeness (QED) is 0.802. The Bertz CT molecular complexity index is 746. The summed E-state index contributed by atoms with van der Waals surface area (Å²) in [5, 5.41) is 13.2. The van der Waals surface area contributed by atoms with Crippen molar-refractivity contribution in [2.75, 3.05) is 7.05 Å². The fraction of sp³-hybridized carbons (Fsp3) is 0.286. The minimum Gasteiger partial charge on any atom is -0.506 e. The van der Waals surface area contributed by atoms with Gasteiger partial charge in [-0.05, 0) is 24.5 Å². The molecule has 2 aromatic rings. The molecule has 0 spiro atoms. The number of benzene rings is 1. The number of carbonyl (C=O) groups excluding carboxylic acids is 1. The normalized spacial score (nSPS) is 13.5. The van der Waals surface area contributed by atoms with Crippen molar-refractivity contribution in [3.63, 3.8) is 0 Å². The molecule has 5 heteroatoms. The number of nitrogens with zero attached hydrogens (tertiary/aromatic N) is 1. The van der Waals surface area contributed by atoms with E-state index in [1.165, 1.54) is 7.05 Å². The fourth-order valence-electron chi connectivity index (χ4n) is 2.75. The molecule has 1 amide bonds. The van der Waals surface area contributed by atoms with E-state index in [4.69, 9.17) is 0 Å². The van der Waals surface area contributed by atoms with Crippen LogP contribution in [0.2, 0.25) is 0 Å². The van der Waals surface area contributed by atoms with E-state index in [2.05, 4.69) is 5.32 Å². The smallest absolute Gasteiger partial charge is 0.267 e. The highest BCUT2D eigenvalue weighted by molar-refractivity contribution is 6.02. The first-order chi connectivity index (χ1) is 9.15. The van der Waals surface area contributed by atoms with E-state index < -0.39 is 11.5 Å². The van der Waals surface area contributed by atoms with E-state index in [9.17, 15) is 14.7 Å². The summed E-state index contributed by atoms with van der Waals surface area (Å²) < 4.78 is 1.60. The Morgan fingerprint density at radius 3 is 2.95 bits per heavy atom. The van der Waals surface area contributed by atoms with Crippen LogP contribution < -0.4 is 10.9 Å². The van der Waals surface area contributed by atoms with Crippen LogP contribution in [0.3, 0.4) is 0 Å². The van der Waals surface area contributed by atoms with E-state index in [1.807, 2.05) is 12.1 Å². The van der Waals surface area contributed by atoms with Crippen molar-refractivity contribution in [3.05, 3.63) is 39.7 Å². The third kappa shape index (κ3) is 1.54. The van der Waals surface area contributed by atoms with Crippen molar-refractivity contribution in [1.82, 2.24) is 9.88 Å². The van der Waals surface area contributed by atoms with E-state index in [0.29, 0.717) is 11.9 Å². The van der Waals surface area contributed by atoms with Gasteiger partial charge in [0, 0.05) is 19.0 Å². The van der Waals surface area contributed by atoms with Crippen molar-refractivity contribution >= 4 is 16.8 Å². The molecule has 2 N–H and O–H groups in total. The molecular weight excluding hydrogens is 244 g/mol. The van der Waals surface area contributed by atoms with Crippen LogP contribution in [0.25, 0.3) is 10.9 Å². The van der Waals surface area contributed by atoms with Gasteiger partial charge in [0.05, 0.1) is 5.52 Å². The summed E-state index contributed by atoms with van der Waals surface area (Å²) >= 11 is 0. The second-order valence-electron chi connectivity index (χ2n) is 4.68. The molecule has 5 nitrogen and oxygen atoms in total. The first-order valence-corrected chi connectivity index (χ1v) is 6.24. The molecule has 2 heterocycles. The highest BCUT2D eigenvalue weighted by Crippen LogP contribution is 2.31. The van der Waals surface area contributed by atoms with Gasteiger partial charge in [-0.3, -0.25) is 9.59 Å². The topological polar surface area (TPSA) is 71.3 Å². The van der Waals surface area contributed by atoms with Gasteiger partial charge in [0.15, 0.2) is 0 Å². The van der Waals surface area contributed by atoms with Crippen molar-refractivity contribution in [1.29, 1.82) is 0 Å². The first kappa shape index (κ1) is 11.8. The molecule has 0 unspecified atom stereocenters. The third-order valence-corrected chi connectivity index (χ3v) is 3.62. The molecule has 1 aliphatic rings. The number of aromatic nitrogens is 1. The lowest BCUT2D eigenvalue weighted by Gasteiger charge is -2.21. The predicted octanol–water partition coefficient (Wildman–Crippen LogP) is 1.01. The maximum Gasteiger partial charge on any atom is 0.267 e. The van der Waals surface area contributed by atoms with Gasteiger partial charge in [-0.2, -0.15) is 0 Å². The summed E-state index contributed by atoms with van der Waals surface area (Å²) in [5.74, 6) is -0.775. The highest BCUT2D eigenvalue weighted by atomic mass is 16.3.